The fraction of sp³-hybridized carbons (Fsp3) is 0.222. The summed E-state index contributed by atoms with van der Waals surface area (Å²) in [6.45, 7) is 1.65. The number of hydrogen-bond donors (Lipinski definition) is 2. The van der Waals surface area contributed by atoms with Crippen molar-refractivity contribution in [3.05, 3.63) is 35.1 Å². The monoisotopic (exact) mass is 183 g/mol. The number of aromatic carboxylic acids is 1. The van der Waals surface area contributed by atoms with Gasteiger partial charge in [-0.3, -0.25) is 0 Å². The van der Waals surface area contributed by atoms with Gasteiger partial charge >= 0.3 is 5.97 Å². The molecule has 0 radical (unpaired) electrons. The molecular weight excluding hydrogens is 173 g/mol. The summed E-state index contributed by atoms with van der Waals surface area (Å²) in [6.07, 6.45) is 0. The summed E-state index contributed by atoms with van der Waals surface area (Å²) in [5.41, 5.74) is 5.88. The van der Waals surface area contributed by atoms with Gasteiger partial charge in [0.15, 0.2) is 0 Å². The first-order chi connectivity index (χ1) is 6.02. The van der Waals surface area contributed by atoms with E-state index in [0.29, 0.717) is 5.56 Å². The maximum Gasteiger partial charge on any atom is 0.336 e. The predicted octanol–water partition coefficient (Wildman–Crippen LogP) is 1.54. The molecule has 13 heavy (non-hydrogen) atoms. The summed E-state index contributed by atoms with van der Waals surface area (Å²) < 4.78 is 12.7. The van der Waals surface area contributed by atoms with Crippen molar-refractivity contribution in [1.82, 2.24) is 0 Å². The number of nitrogens with two attached hydrogens (primary N) is 1. The van der Waals surface area contributed by atoms with Crippen LogP contribution < -0.4 is 5.73 Å². The van der Waals surface area contributed by atoms with Crippen LogP contribution >= 0.6 is 0 Å². The van der Waals surface area contributed by atoms with Crippen LogP contribution in [0.2, 0.25) is 0 Å². The normalized spacial score (nSPS) is 12.5. The van der Waals surface area contributed by atoms with Crippen LogP contribution in [0.15, 0.2) is 18.2 Å². The van der Waals surface area contributed by atoms with E-state index in [1.165, 1.54) is 12.1 Å². The summed E-state index contributed by atoms with van der Waals surface area (Å²) in [4.78, 5) is 10.7. The van der Waals surface area contributed by atoms with Crippen molar-refractivity contribution in [3.8, 4) is 0 Å². The van der Waals surface area contributed by atoms with Gasteiger partial charge in [-0.25, -0.2) is 9.18 Å². The lowest BCUT2D eigenvalue weighted by molar-refractivity contribution is 0.0694. The van der Waals surface area contributed by atoms with Crippen LogP contribution in [0.25, 0.3) is 0 Å². The lowest BCUT2D eigenvalue weighted by Gasteiger charge is -2.08. The highest BCUT2D eigenvalue weighted by Gasteiger charge is 2.13. The highest BCUT2D eigenvalue weighted by Crippen LogP contribution is 2.17. The first-order valence-electron chi connectivity index (χ1n) is 3.80. The SMILES string of the molecule is C[C@H](N)c1ccc(F)cc1C(=O)O. The van der Waals surface area contributed by atoms with Gasteiger partial charge in [0.05, 0.1) is 5.56 Å². The Morgan fingerprint density at radius 2 is 2.23 bits per heavy atom. The summed E-state index contributed by atoms with van der Waals surface area (Å²) >= 11 is 0. The molecule has 0 saturated heterocycles. The third kappa shape index (κ3) is 2.03. The van der Waals surface area contributed by atoms with E-state index < -0.39 is 17.8 Å². The minimum Gasteiger partial charge on any atom is -0.478 e. The summed E-state index contributed by atoms with van der Waals surface area (Å²) in [5.74, 6) is -1.73. The van der Waals surface area contributed by atoms with Crippen molar-refractivity contribution in [2.24, 2.45) is 5.73 Å². The number of rotatable bonds is 2. The van der Waals surface area contributed by atoms with Crippen LogP contribution in [-0.2, 0) is 0 Å². The molecule has 0 spiro atoms. The van der Waals surface area contributed by atoms with Gasteiger partial charge in [0.2, 0.25) is 0 Å². The van der Waals surface area contributed by atoms with Crippen LogP contribution in [0.4, 0.5) is 4.39 Å². The van der Waals surface area contributed by atoms with Crippen molar-refractivity contribution in [1.29, 1.82) is 0 Å². The maximum atomic E-state index is 12.7. The molecule has 4 heteroatoms. The molecule has 3 nitrogen and oxygen atoms in total. The second-order valence-corrected chi connectivity index (χ2v) is 2.83. The second kappa shape index (κ2) is 3.53. The lowest BCUT2D eigenvalue weighted by Crippen LogP contribution is -2.11. The van der Waals surface area contributed by atoms with E-state index in [4.69, 9.17) is 10.8 Å². The number of hydrogen-bond acceptors (Lipinski definition) is 2. The van der Waals surface area contributed by atoms with Gasteiger partial charge in [-0.05, 0) is 24.6 Å². The molecular formula is C9H10FNO2. The van der Waals surface area contributed by atoms with Crippen LogP contribution in [0.1, 0.15) is 28.9 Å². The van der Waals surface area contributed by atoms with Crippen LogP contribution in [0.3, 0.4) is 0 Å². The summed E-state index contributed by atoms with van der Waals surface area (Å²) in [6, 6.07) is 3.15. The van der Waals surface area contributed by atoms with E-state index in [1.807, 2.05) is 0 Å². The van der Waals surface area contributed by atoms with E-state index >= 15 is 0 Å². The average Bonchev–Trinajstić information content (AvgIpc) is 2.03. The molecule has 0 aliphatic heterocycles. The molecule has 0 heterocycles. The third-order valence-corrected chi connectivity index (χ3v) is 1.74. The number of carbonyl (C=O) groups is 1. The standard InChI is InChI=1S/C9H10FNO2/c1-5(11)7-3-2-6(10)4-8(7)9(12)13/h2-5H,11H2,1H3,(H,12,13)/t5-/m0/s1. The fourth-order valence-corrected chi connectivity index (χ4v) is 1.11. The number of benzene rings is 1. The van der Waals surface area contributed by atoms with E-state index in [0.717, 1.165) is 6.07 Å². The topological polar surface area (TPSA) is 63.3 Å². The van der Waals surface area contributed by atoms with Gasteiger partial charge < -0.3 is 10.8 Å². The highest BCUT2D eigenvalue weighted by atomic mass is 19.1. The van der Waals surface area contributed by atoms with Crippen molar-refractivity contribution in [3.63, 3.8) is 0 Å². The molecule has 1 rings (SSSR count). The Morgan fingerprint density at radius 1 is 1.62 bits per heavy atom. The molecule has 1 aromatic carbocycles. The molecule has 0 fully saturated rings. The maximum absolute atomic E-state index is 12.7. The van der Waals surface area contributed by atoms with Gasteiger partial charge in [0.25, 0.3) is 0 Å². The average molecular weight is 183 g/mol. The number of halogens is 1. The zero-order valence-electron chi connectivity index (χ0n) is 7.12. The fourth-order valence-electron chi connectivity index (χ4n) is 1.11. The summed E-state index contributed by atoms with van der Waals surface area (Å²) in [5, 5.41) is 8.72. The van der Waals surface area contributed by atoms with E-state index in [-0.39, 0.29) is 5.56 Å². The zero-order chi connectivity index (χ0) is 10.0. The van der Waals surface area contributed by atoms with E-state index in [9.17, 15) is 9.18 Å². The van der Waals surface area contributed by atoms with E-state index in [2.05, 4.69) is 0 Å². The highest BCUT2D eigenvalue weighted by molar-refractivity contribution is 5.89. The van der Waals surface area contributed by atoms with Crippen molar-refractivity contribution >= 4 is 5.97 Å². The largest absolute Gasteiger partial charge is 0.478 e. The van der Waals surface area contributed by atoms with Gasteiger partial charge in [-0.1, -0.05) is 6.07 Å². The Morgan fingerprint density at radius 3 is 2.69 bits per heavy atom. The van der Waals surface area contributed by atoms with Crippen molar-refractivity contribution in [2.75, 3.05) is 0 Å². The first kappa shape index (κ1) is 9.67. The minimum absolute atomic E-state index is 0.0741. The summed E-state index contributed by atoms with van der Waals surface area (Å²) in [7, 11) is 0. The first-order valence-corrected chi connectivity index (χ1v) is 3.80. The molecule has 0 amide bonds. The number of carboxylic acid groups (broad SMARTS) is 1. The Balaban J connectivity index is 3.27. The Kier molecular flexibility index (Phi) is 2.63. The smallest absolute Gasteiger partial charge is 0.336 e. The molecule has 0 aliphatic carbocycles. The Labute approximate surface area is 75.0 Å². The molecule has 0 aromatic heterocycles. The Bertz CT molecular complexity index is 336. The van der Waals surface area contributed by atoms with E-state index in [1.54, 1.807) is 6.92 Å². The zero-order valence-corrected chi connectivity index (χ0v) is 7.12. The van der Waals surface area contributed by atoms with Gasteiger partial charge in [-0.2, -0.15) is 0 Å². The van der Waals surface area contributed by atoms with Crippen molar-refractivity contribution in [2.45, 2.75) is 13.0 Å². The molecule has 1 atom stereocenters. The van der Waals surface area contributed by atoms with Gasteiger partial charge in [-0.15, -0.1) is 0 Å². The minimum atomic E-state index is -1.16. The molecule has 3 N–H and O–H groups in total. The number of carboxylic acids is 1. The Hall–Kier alpha value is -1.42. The molecule has 0 bridgehead atoms. The molecule has 1 aromatic rings. The molecule has 0 unspecified atom stereocenters. The quantitative estimate of drug-likeness (QED) is 0.731. The third-order valence-electron chi connectivity index (χ3n) is 1.74. The molecule has 70 valence electrons. The lowest BCUT2D eigenvalue weighted by atomic mass is 10.0. The van der Waals surface area contributed by atoms with Gasteiger partial charge in [0, 0.05) is 6.04 Å². The van der Waals surface area contributed by atoms with Gasteiger partial charge in [0.1, 0.15) is 5.82 Å². The van der Waals surface area contributed by atoms with Crippen LogP contribution in [0, 0.1) is 5.82 Å². The molecule has 0 aliphatic rings. The van der Waals surface area contributed by atoms with Crippen LogP contribution in [0.5, 0.6) is 0 Å². The predicted molar refractivity (Wildman–Crippen MR) is 46.0 cm³/mol. The second-order valence-electron chi connectivity index (χ2n) is 2.83. The van der Waals surface area contributed by atoms with Crippen molar-refractivity contribution < 1.29 is 14.3 Å². The molecule has 0 saturated carbocycles. The van der Waals surface area contributed by atoms with Crippen LogP contribution in [-0.4, -0.2) is 11.1 Å².